The van der Waals surface area contributed by atoms with Gasteiger partial charge in [0, 0.05) is 24.0 Å². The Morgan fingerprint density at radius 1 is 1.41 bits per heavy atom. The van der Waals surface area contributed by atoms with E-state index in [1.54, 1.807) is 0 Å². The molecular weight excluding hydrogens is 304 g/mol. The zero-order valence-corrected chi connectivity index (χ0v) is 13.3. The second kappa shape index (κ2) is 8.24. The highest BCUT2D eigenvalue weighted by molar-refractivity contribution is 6.30. The predicted molar refractivity (Wildman–Crippen MR) is 84.6 cm³/mol. The molecular formula is C16H23ClN2O3. The lowest BCUT2D eigenvalue weighted by molar-refractivity contribution is -0.333. The first kappa shape index (κ1) is 16.2. The van der Waals surface area contributed by atoms with Crippen LogP contribution >= 0.6 is 11.6 Å². The van der Waals surface area contributed by atoms with E-state index in [1.165, 1.54) is 12.8 Å². The maximum absolute atomic E-state index is 6.17. The van der Waals surface area contributed by atoms with Crippen molar-refractivity contribution in [3.05, 3.63) is 34.9 Å². The molecule has 2 aliphatic rings. The normalized spacial score (nSPS) is 24.0. The van der Waals surface area contributed by atoms with E-state index in [0.29, 0.717) is 25.9 Å². The summed E-state index contributed by atoms with van der Waals surface area (Å²) in [5.74, 6) is 0.475. The number of piperidine rings is 1. The molecule has 2 heterocycles. The van der Waals surface area contributed by atoms with E-state index in [4.69, 9.17) is 25.8 Å². The molecule has 0 aromatic heterocycles. The van der Waals surface area contributed by atoms with Crippen molar-refractivity contribution in [2.75, 3.05) is 33.0 Å². The molecule has 1 aromatic carbocycles. The zero-order chi connectivity index (χ0) is 15.2. The van der Waals surface area contributed by atoms with Gasteiger partial charge in [-0.3, -0.25) is 5.32 Å². The molecule has 0 bridgehead atoms. The standard InChI is InChI=1S/C16H23ClN2O3/c17-14-5-1-3-12(9-14)15(13-4-2-6-18-10-13)20-8-7-19-16-21-11-22-16/h1,3,5,9,13,15-16,18-19H,2,4,6-8,10-11H2/t13-,15+/m1/s1. The van der Waals surface area contributed by atoms with Crippen LogP contribution in [0, 0.1) is 5.92 Å². The topological polar surface area (TPSA) is 51.8 Å². The third kappa shape index (κ3) is 4.41. The molecule has 0 unspecified atom stereocenters. The average Bonchev–Trinajstić information content (AvgIpc) is 2.50. The summed E-state index contributed by atoms with van der Waals surface area (Å²) in [4.78, 5) is 0. The van der Waals surface area contributed by atoms with Gasteiger partial charge in [0.05, 0.1) is 12.7 Å². The predicted octanol–water partition coefficient (Wildman–Crippen LogP) is 2.27. The summed E-state index contributed by atoms with van der Waals surface area (Å²) in [5.41, 5.74) is 1.15. The smallest absolute Gasteiger partial charge is 0.220 e. The second-order valence-electron chi connectivity index (χ2n) is 5.69. The second-order valence-corrected chi connectivity index (χ2v) is 6.13. The fraction of sp³-hybridized carbons (Fsp3) is 0.625. The molecule has 0 radical (unpaired) electrons. The highest BCUT2D eigenvalue weighted by atomic mass is 35.5. The van der Waals surface area contributed by atoms with Crippen molar-refractivity contribution >= 4 is 11.6 Å². The van der Waals surface area contributed by atoms with E-state index in [9.17, 15) is 0 Å². The van der Waals surface area contributed by atoms with E-state index >= 15 is 0 Å². The lowest BCUT2D eigenvalue weighted by atomic mass is 9.89. The SMILES string of the molecule is Clc1cccc([C@H](OCCNC2OCO2)[C@@H]2CCCNC2)c1. The van der Waals surface area contributed by atoms with Crippen LogP contribution in [0.2, 0.25) is 5.02 Å². The molecule has 2 saturated heterocycles. The number of benzene rings is 1. The molecule has 2 fully saturated rings. The van der Waals surface area contributed by atoms with Crippen LogP contribution in [0.5, 0.6) is 0 Å². The van der Waals surface area contributed by atoms with Crippen LogP contribution in [0.25, 0.3) is 0 Å². The number of halogens is 1. The lowest BCUT2D eigenvalue weighted by Crippen LogP contribution is -2.45. The van der Waals surface area contributed by atoms with Gasteiger partial charge in [-0.2, -0.15) is 0 Å². The van der Waals surface area contributed by atoms with E-state index in [-0.39, 0.29) is 12.5 Å². The zero-order valence-electron chi connectivity index (χ0n) is 12.6. The van der Waals surface area contributed by atoms with Gasteiger partial charge in [-0.1, -0.05) is 23.7 Å². The Morgan fingerprint density at radius 2 is 2.32 bits per heavy atom. The van der Waals surface area contributed by atoms with Gasteiger partial charge < -0.3 is 19.5 Å². The largest absolute Gasteiger partial charge is 0.372 e. The van der Waals surface area contributed by atoms with Crippen molar-refractivity contribution in [1.82, 2.24) is 10.6 Å². The summed E-state index contributed by atoms with van der Waals surface area (Å²) >= 11 is 6.14. The minimum Gasteiger partial charge on any atom is -0.372 e. The van der Waals surface area contributed by atoms with Gasteiger partial charge in [0.25, 0.3) is 0 Å². The first-order valence-corrected chi connectivity index (χ1v) is 8.25. The quantitative estimate of drug-likeness (QED) is 0.753. The Labute approximate surface area is 136 Å². The molecule has 2 aliphatic heterocycles. The molecule has 6 heteroatoms. The van der Waals surface area contributed by atoms with Crippen molar-refractivity contribution in [1.29, 1.82) is 0 Å². The van der Waals surface area contributed by atoms with E-state index < -0.39 is 0 Å². The monoisotopic (exact) mass is 326 g/mol. The van der Waals surface area contributed by atoms with Crippen LogP contribution in [-0.2, 0) is 14.2 Å². The Kier molecular flexibility index (Phi) is 6.06. The molecule has 0 saturated carbocycles. The van der Waals surface area contributed by atoms with Crippen molar-refractivity contribution in [2.45, 2.75) is 25.4 Å². The van der Waals surface area contributed by atoms with E-state index in [1.807, 2.05) is 18.2 Å². The van der Waals surface area contributed by atoms with Crippen LogP contribution in [0.3, 0.4) is 0 Å². The Morgan fingerprint density at radius 3 is 3.00 bits per heavy atom. The van der Waals surface area contributed by atoms with Gasteiger partial charge in [-0.05, 0) is 37.1 Å². The molecule has 22 heavy (non-hydrogen) atoms. The van der Waals surface area contributed by atoms with Crippen molar-refractivity contribution in [3.8, 4) is 0 Å². The van der Waals surface area contributed by atoms with Gasteiger partial charge in [-0.15, -0.1) is 0 Å². The van der Waals surface area contributed by atoms with Gasteiger partial charge in [0.1, 0.15) is 0 Å². The third-order valence-electron chi connectivity index (χ3n) is 4.09. The number of ether oxygens (including phenoxy) is 3. The van der Waals surface area contributed by atoms with Crippen molar-refractivity contribution < 1.29 is 14.2 Å². The fourth-order valence-electron chi connectivity index (χ4n) is 2.94. The molecule has 122 valence electrons. The molecule has 3 rings (SSSR count). The molecule has 1 aromatic rings. The summed E-state index contributed by atoms with van der Waals surface area (Å²) in [7, 11) is 0. The summed E-state index contributed by atoms with van der Waals surface area (Å²) in [5, 5.41) is 7.34. The maximum atomic E-state index is 6.17. The van der Waals surface area contributed by atoms with Crippen LogP contribution in [0.4, 0.5) is 0 Å². The van der Waals surface area contributed by atoms with E-state index in [0.717, 1.165) is 23.7 Å². The van der Waals surface area contributed by atoms with Crippen LogP contribution in [0.15, 0.2) is 24.3 Å². The summed E-state index contributed by atoms with van der Waals surface area (Å²) in [6, 6.07) is 7.98. The maximum Gasteiger partial charge on any atom is 0.220 e. The third-order valence-corrected chi connectivity index (χ3v) is 4.32. The average molecular weight is 327 g/mol. The molecule has 0 amide bonds. The molecule has 0 aliphatic carbocycles. The van der Waals surface area contributed by atoms with Crippen LogP contribution in [0.1, 0.15) is 24.5 Å². The molecule has 2 atom stereocenters. The lowest BCUT2D eigenvalue weighted by Gasteiger charge is -2.32. The number of rotatable bonds is 7. The van der Waals surface area contributed by atoms with Crippen LogP contribution < -0.4 is 10.6 Å². The van der Waals surface area contributed by atoms with E-state index in [2.05, 4.69) is 16.7 Å². The summed E-state index contributed by atoms with van der Waals surface area (Å²) in [6.45, 7) is 3.76. The fourth-order valence-corrected chi connectivity index (χ4v) is 3.14. The molecule has 0 spiro atoms. The van der Waals surface area contributed by atoms with Gasteiger partial charge in [0.15, 0.2) is 6.79 Å². The Hall–Kier alpha value is -0.690. The minimum absolute atomic E-state index is 0.0662. The Balaban J connectivity index is 1.57. The van der Waals surface area contributed by atoms with Gasteiger partial charge >= 0.3 is 0 Å². The minimum atomic E-state index is -0.274. The van der Waals surface area contributed by atoms with Crippen molar-refractivity contribution in [2.24, 2.45) is 5.92 Å². The highest BCUT2D eigenvalue weighted by Crippen LogP contribution is 2.31. The van der Waals surface area contributed by atoms with Crippen LogP contribution in [-0.4, -0.2) is 39.4 Å². The first-order chi connectivity index (χ1) is 10.8. The molecule has 5 nitrogen and oxygen atoms in total. The van der Waals surface area contributed by atoms with Gasteiger partial charge in [0.2, 0.25) is 6.41 Å². The number of hydrogen-bond acceptors (Lipinski definition) is 5. The highest BCUT2D eigenvalue weighted by Gasteiger charge is 2.26. The van der Waals surface area contributed by atoms with Crippen molar-refractivity contribution in [3.63, 3.8) is 0 Å². The summed E-state index contributed by atoms with van der Waals surface area (Å²) < 4.78 is 16.4. The Bertz CT molecular complexity index is 464. The number of hydrogen-bond donors (Lipinski definition) is 2. The number of nitrogens with one attached hydrogen (secondary N) is 2. The molecule has 2 N–H and O–H groups in total. The van der Waals surface area contributed by atoms with Gasteiger partial charge in [-0.25, -0.2) is 0 Å². The first-order valence-electron chi connectivity index (χ1n) is 7.87. The summed E-state index contributed by atoms with van der Waals surface area (Å²) in [6.07, 6.45) is 2.15.